The Labute approximate surface area is 103 Å². The number of carbonyl (C=O) groups is 1. The third kappa shape index (κ3) is 3.30. The molecule has 0 saturated carbocycles. The van der Waals surface area contributed by atoms with Gasteiger partial charge in [0.15, 0.2) is 0 Å². The minimum absolute atomic E-state index is 0.00585. The maximum atomic E-state index is 11.9. The number of nitrogens with two attached hydrogens (primary N) is 1. The molecule has 1 heterocycles. The normalized spacial score (nSPS) is 33.2. The quantitative estimate of drug-likeness (QED) is 0.694. The highest BCUT2D eigenvalue weighted by Crippen LogP contribution is 2.18. The largest absolute Gasteiger partial charge is 0.355 e. The molecule has 0 bridgehead atoms. The number of nitrogens with one attached hydrogen (secondary N) is 1. The first kappa shape index (κ1) is 12.6. The second-order valence-electron chi connectivity index (χ2n) is 5.18. The molecule has 17 heavy (non-hydrogen) atoms. The molecule has 1 amide bonds. The van der Waals surface area contributed by atoms with Crippen molar-refractivity contribution in [1.82, 2.24) is 10.2 Å². The summed E-state index contributed by atoms with van der Waals surface area (Å²) in [6.45, 7) is 6.41. The first-order valence-electron chi connectivity index (χ1n) is 6.63. The average Bonchev–Trinajstić information content (AvgIpc) is 2.94. The maximum absolute atomic E-state index is 11.9. The SMILES string of the molecule is CCN1CCC(CNC(=O)C2C=CC(N)C2)C1. The lowest BCUT2D eigenvalue weighted by Crippen LogP contribution is -2.35. The first-order chi connectivity index (χ1) is 8.19. The Balaban J connectivity index is 1.68. The van der Waals surface area contributed by atoms with Crippen molar-refractivity contribution in [3.63, 3.8) is 0 Å². The van der Waals surface area contributed by atoms with Crippen LogP contribution in [0.3, 0.4) is 0 Å². The van der Waals surface area contributed by atoms with Crippen LogP contribution in [0.4, 0.5) is 0 Å². The van der Waals surface area contributed by atoms with Gasteiger partial charge in [-0.1, -0.05) is 19.1 Å². The second-order valence-corrected chi connectivity index (χ2v) is 5.18. The predicted octanol–water partition coefficient (Wildman–Crippen LogP) is 0.348. The van der Waals surface area contributed by atoms with E-state index in [4.69, 9.17) is 5.73 Å². The van der Waals surface area contributed by atoms with E-state index < -0.39 is 0 Å². The molecule has 3 unspecified atom stereocenters. The number of rotatable bonds is 4. The van der Waals surface area contributed by atoms with E-state index in [1.165, 1.54) is 13.0 Å². The Morgan fingerprint density at radius 3 is 2.94 bits per heavy atom. The Morgan fingerprint density at radius 2 is 2.35 bits per heavy atom. The monoisotopic (exact) mass is 237 g/mol. The predicted molar refractivity (Wildman–Crippen MR) is 68.5 cm³/mol. The molecule has 3 atom stereocenters. The fraction of sp³-hybridized carbons (Fsp3) is 0.769. The highest BCUT2D eigenvalue weighted by atomic mass is 16.1. The Bertz CT molecular complexity index is 303. The van der Waals surface area contributed by atoms with Gasteiger partial charge in [-0.15, -0.1) is 0 Å². The van der Waals surface area contributed by atoms with Gasteiger partial charge >= 0.3 is 0 Å². The Morgan fingerprint density at radius 1 is 1.53 bits per heavy atom. The van der Waals surface area contributed by atoms with Crippen molar-refractivity contribution < 1.29 is 4.79 Å². The molecule has 4 nitrogen and oxygen atoms in total. The standard InChI is InChI=1S/C13H23N3O/c1-2-16-6-5-10(9-16)8-15-13(17)11-3-4-12(14)7-11/h3-4,10-12H,2,5-9,14H2,1H3,(H,15,17). The zero-order valence-electron chi connectivity index (χ0n) is 10.6. The van der Waals surface area contributed by atoms with Gasteiger partial charge in [-0.3, -0.25) is 4.79 Å². The number of hydrogen-bond acceptors (Lipinski definition) is 3. The molecule has 2 aliphatic rings. The van der Waals surface area contributed by atoms with Crippen LogP contribution in [0.5, 0.6) is 0 Å². The molecule has 0 aromatic rings. The summed E-state index contributed by atoms with van der Waals surface area (Å²) in [5, 5.41) is 3.06. The van der Waals surface area contributed by atoms with E-state index >= 15 is 0 Å². The van der Waals surface area contributed by atoms with Gasteiger partial charge in [0.05, 0.1) is 5.92 Å². The van der Waals surface area contributed by atoms with E-state index in [1.807, 2.05) is 12.2 Å². The van der Waals surface area contributed by atoms with Crippen LogP contribution in [-0.2, 0) is 4.79 Å². The van der Waals surface area contributed by atoms with Gasteiger partial charge in [-0.05, 0) is 31.8 Å². The fourth-order valence-corrected chi connectivity index (χ4v) is 2.66. The molecular formula is C13H23N3O. The third-order valence-corrected chi connectivity index (χ3v) is 3.84. The second kappa shape index (κ2) is 5.65. The summed E-state index contributed by atoms with van der Waals surface area (Å²) in [6, 6.07) is 0.0628. The minimum Gasteiger partial charge on any atom is -0.355 e. The van der Waals surface area contributed by atoms with Crippen LogP contribution in [0.1, 0.15) is 19.8 Å². The van der Waals surface area contributed by atoms with Gasteiger partial charge in [0.25, 0.3) is 0 Å². The van der Waals surface area contributed by atoms with Crippen LogP contribution in [-0.4, -0.2) is 43.0 Å². The van der Waals surface area contributed by atoms with Crippen molar-refractivity contribution in [2.75, 3.05) is 26.2 Å². The van der Waals surface area contributed by atoms with Crippen molar-refractivity contribution in [1.29, 1.82) is 0 Å². The van der Waals surface area contributed by atoms with Gasteiger partial charge in [-0.2, -0.15) is 0 Å². The number of nitrogens with zero attached hydrogens (tertiary/aromatic N) is 1. The summed E-state index contributed by atoms with van der Waals surface area (Å²) in [7, 11) is 0. The Kier molecular flexibility index (Phi) is 4.18. The molecule has 1 saturated heterocycles. The van der Waals surface area contributed by atoms with Crippen LogP contribution in [0.2, 0.25) is 0 Å². The number of carbonyl (C=O) groups excluding carboxylic acids is 1. The molecule has 96 valence electrons. The van der Waals surface area contributed by atoms with E-state index in [-0.39, 0.29) is 17.9 Å². The van der Waals surface area contributed by atoms with Crippen molar-refractivity contribution in [2.45, 2.75) is 25.8 Å². The van der Waals surface area contributed by atoms with Crippen LogP contribution in [0, 0.1) is 11.8 Å². The topological polar surface area (TPSA) is 58.4 Å². The fourth-order valence-electron chi connectivity index (χ4n) is 2.66. The van der Waals surface area contributed by atoms with Crippen LogP contribution in [0.25, 0.3) is 0 Å². The first-order valence-corrected chi connectivity index (χ1v) is 6.63. The summed E-state index contributed by atoms with van der Waals surface area (Å²) < 4.78 is 0. The molecule has 1 fully saturated rings. The van der Waals surface area contributed by atoms with Crippen LogP contribution in [0.15, 0.2) is 12.2 Å². The van der Waals surface area contributed by atoms with E-state index in [2.05, 4.69) is 17.1 Å². The van der Waals surface area contributed by atoms with Crippen molar-refractivity contribution >= 4 is 5.91 Å². The van der Waals surface area contributed by atoms with E-state index in [0.29, 0.717) is 5.92 Å². The molecule has 0 aromatic heterocycles. The van der Waals surface area contributed by atoms with Gasteiger partial charge in [0.2, 0.25) is 5.91 Å². The van der Waals surface area contributed by atoms with Crippen LogP contribution >= 0.6 is 0 Å². The minimum atomic E-state index is -0.00585. The molecule has 4 heteroatoms. The molecule has 0 radical (unpaired) electrons. The summed E-state index contributed by atoms with van der Waals surface area (Å²) >= 11 is 0. The summed E-state index contributed by atoms with van der Waals surface area (Å²) in [5.74, 6) is 0.760. The molecule has 1 aliphatic heterocycles. The smallest absolute Gasteiger partial charge is 0.227 e. The Hall–Kier alpha value is -0.870. The maximum Gasteiger partial charge on any atom is 0.227 e. The van der Waals surface area contributed by atoms with Gasteiger partial charge < -0.3 is 16.0 Å². The van der Waals surface area contributed by atoms with E-state index in [0.717, 1.165) is 26.1 Å². The lowest BCUT2D eigenvalue weighted by molar-refractivity contribution is -0.123. The number of amides is 1. The molecule has 3 N–H and O–H groups in total. The van der Waals surface area contributed by atoms with Gasteiger partial charge in [-0.25, -0.2) is 0 Å². The van der Waals surface area contributed by atoms with E-state index in [1.54, 1.807) is 0 Å². The summed E-state index contributed by atoms with van der Waals surface area (Å²) in [5.41, 5.74) is 5.74. The molecule has 0 aromatic carbocycles. The van der Waals surface area contributed by atoms with Crippen LogP contribution < -0.4 is 11.1 Å². The van der Waals surface area contributed by atoms with Crippen molar-refractivity contribution in [2.24, 2.45) is 17.6 Å². The van der Waals surface area contributed by atoms with Gasteiger partial charge in [0, 0.05) is 19.1 Å². The zero-order chi connectivity index (χ0) is 12.3. The highest BCUT2D eigenvalue weighted by molar-refractivity contribution is 5.81. The molecule has 0 spiro atoms. The van der Waals surface area contributed by atoms with Crippen molar-refractivity contribution in [3.8, 4) is 0 Å². The zero-order valence-corrected chi connectivity index (χ0v) is 10.6. The molecule has 2 rings (SSSR count). The number of likely N-dealkylation sites (tertiary alicyclic amines) is 1. The summed E-state index contributed by atoms with van der Waals surface area (Å²) in [4.78, 5) is 14.3. The van der Waals surface area contributed by atoms with Gasteiger partial charge in [0.1, 0.15) is 0 Å². The van der Waals surface area contributed by atoms with E-state index in [9.17, 15) is 4.79 Å². The number of hydrogen-bond donors (Lipinski definition) is 2. The molecule has 1 aliphatic carbocycles. The van der Waals surface area contributed by atoms with Crippen molar-refractivity contribution in [3.05, 3.63) is 12.2 Å². The lowest BCUT2D eigenvalue weighted by Gasteiger charge is -2.15. The third-order valence-electron chi connectivity index (χ3n) is 3.84. The summed E-state index contributed by atoms with van der Waals surface area (Å²) in [6.07, 6.45) is 5.83. The average molecular weight is 237 g/mol. The highest BCUT2D eigenvalue weighted by Gasteiger charge is 2.25. The molecular weight excluding hydrogens is 214 g/mol. The lowest BCUT2D eigenvalue weighted by atomic mass is 10.1.